The summed E-state index contributed by atoms with van der Waals surface area (Å²) in [4.78, 5) is 26.0. The van der Waals surface area contributed by atoms with E-state index in [9.17, 15) is 9.59 Å². The van der Waals surface area contributed by atoms with Crippen LogP contribution < -0.4 is 10.2 Å². The standard InChI is InChI=1S/C15H18Cl2N2O2/c1-8(2)14-15(21)19(5-4-13(20)18-14)12-7-10(16)9(3)6-11(12)17/h6-8,14H,4-5H2,1-3H3,(H,18,20). The van der Waals surface area contributed by atoms with Crippen molar-refractivity contribution in [1.82, 2.24) is 5.32 Å². The zero-order valence-electron chi connectivity index (χ0n) is 12.2. The molecule has 1 unspecified atom stereocenters. The van der Waals surface area contributed by atoms with Gasteiger partial charge in [-0.3, -0.25) is 9.59 Å². The van der Waals surface area contributed by atoms with E-state index in [0.29, 0.717) is 22.3 Å². The fraction of sp³-hybridized carbons (Fsp3) is 0.467. The minimum absolute atomic E-state index is 0.00162. The monoisotopic (exact) mass is 328 g/mol. The number of halogens is 2. The highest BCUT2D eigenvalue weighted by Crippen LogP contribution is 2.33. The molecule has 0 bridgehead atoms. The van der Waals surface area contributed by atoms with Crippen molar-refractivity contribution in [2.24, 2.45) is 5.92 Å². The highest BCUT2D eigenvalue weighted by Gasteiger charge is 2.33. The number of benzene rings is 1. The number of anilines is 1. The quantitative estimate of drug-likeness (QED) is 0.906. The lowest BCUT2D eigenvalue weighted by molar-refractivity contribution is -0.126. The van der Waals surface area contributed by atoms with Crippen LogP contribution in [0.1, 0.15) is 25.8 Å². The zero-order valence-corrected chi connectivity index (χ0v) is 13.8. The van der Waals surface area contributed by atoms with Gasteiger partial charge in [0.05, 0.1) is 10.7 Å². The molecule has 1 heterocycles. The molecule has 0 radical (unpaired) electrons. The molecule has 0 aromatic heterocycles. The number of hydrogen-bond acceptors (Lipinski definition) is 2. The van der Waals surface area contributed by atoms with Gasteiger partial charge < -0.3 is 10.2 Å². The van der Waals surface area contributed by atoms with Crippen molar-refractivity contribution in [3.63, 3.8) is 0 Å². The lowest BCUT2D eigenvalue weighted by atomic mass is 10.0. The molecule has 1 fully saturated rings. The van der Waals surface area contributed by atoms with Crippen LogP contribution >= 0.6 is 23.2 Å². The van der Waals surface area contributed by atoms with E-state index < -0.39 is 6.04 Å². The zero-order chi connectivity index (χ0) is 15.7. The van der Waals surface area contributed by atoms with Gasteiger partial charge in [0, 0.05) is 18.0 Å². The van der Waals surface area contributed by atoms with Crippen molar-refractivity contribution in [2.45, 2.75) is 33.2 Å². The van der Waals surface area contributed by atoms with Crippen LogP contribution in [-0.2, 0) is 9.59 Å². The van der Waals surface area contributed by atoms with Gasteiger partial charge in [-0.2, -0.15) is 0 Å². The summed E-state index contributed by atoms with van der Waals surface area (Å²) in [6.45, 7) is 5.95. The van der Waals surface area contributed by atoms with Crippen LogP contribution in [0.15, 0.2) is 12.1 Å². The van der Waals surface area contributed by atoms with E-state index in [1.165, 1.54) is 0 Å². The molecule has 1 aromatic rings. The van der Waals surface area contributed by atoms with Crippen LogP contribution in [-0.4, -0.2) is 24.4 Å². The SMILES string of the molecule is Cc1cc(Cl)c(N2CCC(=O)NC(C(C)C)C2=O)cc1Cl. The summed E-state index contributed by atoms with van der Waals surface area (Å²) in [6.07, 6.45) is 0.247. The Kier molecular flexibility index (Phi) is 4.79. The molecule has 1 aliphatic rings. The summed E-state index contributed by atoms with van der Waals surface area (Å²) in [5.41, 5.74) is 1.40. The van der Waals surface area contributed by atoms with Gasteiger partial charge in [0.1, 0.15) is 6.04 Å². The molecule has 2 amide bonds. The fourth-order valence-electron chi connectivity index (χ4n) is 2.33. The van der Waals surface area contributed by atoms with Crippen molar-refractivity contribution in [3.05, 3.63) is 27.7 Å². The maximum atomic E-state index is 12.7. The molecule has 21 heavy (non-hydrogen) atoms. The predicted octanol–water partition coefficient (Wildman–Crippen LogP) is 3.18. The summed E-state index contributed by atoms with van der Waals surface area (Å²) in [7, 11) is 0. The molecule has 0 saturated carbocycles. The van der Waals surface area contributed by atoms with Gasteiger partial charge in [0.25, 0.3) is 0 Å². The maximum absolute atomic E-state index is 12.7. The molecule has 0 spiro atoms. The Hall–Kier alpha value is -1.26. The first-order valence-corrected chi connectivity index (χ1v) is 7.63. The van der Waals surface area contributed by atoms with Crippen LogP contribution in [0, 0.1) is 12.8 Å². The summed E-state index contributed by atoms with van der Waals surface area (Å²) in [5, 5.41) is 3.78. The number of carbonyl (C=O) groups excluding carboxylic acids is 2. The first-order chi connectivity index (χ1) is 9.81. The second-order valence-electron chi connectivity index (χ2n) is 5.58. The van der Waals surface area contributed by atoms with E-state index >= 15 is 0 Å². The maximum Gasteiger partial charge on any atom is 0.249 e. The molecule has 2 rings (SSSR count). The largest absolute Gasteiger partial charge is 0.344 e. The molecule has 1 aromatic carbocycles. The first kappa shape index (κ1) is 16.1. The number of rotatable bonds is 2. The van der Waals surface area contributed by atoms with E-state index in [2.05, 4.69) is 5.32 Å². The molecule has 114 valence electrons. The van der Waals surface area contributed by atoms with Crippen LogP contribution in [0.25, 0.3) is 0 Å². The van der Waals surface area contributed by atoms with Gasteiger partial charge in [0.15, 0.2) is 0 Å². The van der Waals surface area contributed by atoms with Crippen LogP contribution in [0.4, 0.5) is 5.69 Å². The van der Waals surface area contributed by atoms with E-state index in [1.807, 2.05) is 20.8 Å². The number of nitrogens with zero attached hydrogens (tertiary/aromatic N) is 1. The fourth-order valence-corrected chi connectivity index (χ4v) is 2.81. The minimum atomic E-state index is -0.545. The van der Waals surface area contributed by atoms with Gasteiger partial charge in [-0.25, -0.2) is 0 Å². The van der Waals surface area contributed by atoms with Crippen molar-refractivity contribution in [1.29, 1.82) is 0 Å². The lowest BCUT2D eigenvalue weighted by Crippen LogP contribution is -2.48. The Labute approximate surface area is 134 Å². The van der Waals surface area contributed by atoms with Gasteiger partial charge >= 0.3 is 0 Å². The third-order valence-corrected chi connectivity index (χ3v) is 4.31. The Bertz CT molecular complexity index is 587. The molecule has 4 nitrogen and oxygen atoms in total. The Morgan fingerprint density at radius 2 is 1.90 bits per heavy atom. The average Bonchev–Trinajstić information content (AvgIpc) is 2.54. The Morgan fingerprint density at radius 1 is 1.24 bits per heavy atom. The molecular formula is C15H18Cl2N2O2. The molecule has 1 atom stereocenters. The molecular weight excluding hydrogens is 311 g/mol. The highest BCUT2D eigenvalue weighted by molar-refractivity contribution is 6.36. The molecule has 1 N–H and O–H groups in total. The molecule has 0 aliphatic carbocycles. The topological polar surface area (TPSA) is 49.4 Å². The van der Waals surface area contributed by atoms with Gasteiger partial charge in [-0.05, 0) is 30.5 Å². The average molecular weight is 329 g/mol. The minimum Gasteiger partial charge on any atom is -0.344 e. The van der Waals surface area contributed by atoms with Crippen molar-refractivity contribution in [3.8, 4) is 0 Å². The van der Waals surface area contributed by atoms with Gasteiger partial charge in [0.2, 0.25) is 11.8 Å². The van der Waals surface area contributed by atoms with Crippen molar-refractivity contribution < 1.29 is 9.59 Å². The smallest absolute Gasteiger partial charge is 0.249 e. The molecule has 1 saturated heterocycles. The summed E-state index contributed by atoms with van der Waals surface area (Å²) >= 11 is 12.4. The molecule has 1 aliphatic heterocycles. The highest BCUT2D eigenvalue weighted by atomic mass is 35.5. The van der Waals surface area contributed by atoms with Crippen LogP contribution in [0.3, 0.4) is 0 Å². The predicted molar refractivity (Wildman–Crippen MR) is 84.9 cm³/mol. The summed E-state index contributed by atoms with van der Waals surface area (Å²) in [5.74, 6) is -0.279. The van der Waals surface area contributed by atoms with Crippen molar-refractivity contribution >= 4 is 40.7 Å². The number of amides is 2. The second kappa shape index (κ2) is 6.24. The Balaban J connectivity index is 2.44. The van der Waals surface area contributed by atoms with Gasteiger partial charge in [-0.1, -0.05) is 37.0 Å². The first-order valence-electron chi connectivity index (χ1n) is 6.87. The number of carbonyl (C=O) groups is 2. The van der Waals surface area contributed by atoms with E-state index in [-0.39, 0.29) is 24.2 Å². The number of hydrogen-bond donors (Lipinski definition) is 1. The summed E-state index contributed by atoms with van der Waals surface area (Å²) < 4.78 is 0. The van der Waals surface area contributed by atoms with Gasteiger partial charge in [-0.15, -0.1) is 0 Å². The third kappa shape index (κ3) is 3.33. The normalized spacial score (nSPS) is 19.7. The summed E-state index contributed by atoms with van der Waals surface area (Å²) in [6, 6.07) is 2.87. The lowest BCUT2D eigenvalue weighted by Gasteiger charge is -2.27. The third-order valence-electron chi connectivity index (χ3n) is 3.60. The van der Waals surface area contributed by atoms with Crippen LogP contribution in [0.5, 0.6) is 0 Å². The van der Waals surface area contributed by atoms with Crippen LogP contribution in [0.2, 0.25) is 10.0 Å². The van der Waals surface area contributed by atoms with Crippen molar-refractivity contribution in [2.75, 3.05) is 11.4 Å². The second-order valence-corrected chi connectivity index (χ2v) is 6.40. The van der Waals surface area contributed by atoms with E-state index in [4.69, 9.17) is 23.2 Å². The van der Waals surface area contributed by atoms with E-state index in [0.717, 1.165) is 5.56 Å². The molecule has 6 heteroatoms. The van der Waals surface area contributed by atoms with E-state index in [1.54, 1.807) is 17.0 Å². The number of nitrogens with one attached hydrogen (secondary N) is 1. The Morgan fingerprint density at radius 3 is 2.52 bits per heavy atom. The number of aryl methyl sites for hydroxylation is 1.